The number of piperidine rings is 1. The van der Waals surface area contributed by atoms with Gasteiger partial charge in [0.2, 0.25) is 0 Å². The highest BCUT2D eigenvalue weighted by molar-refractivity contribution is 7.80. The van der Waals surface area contributed by atoms with Gasteiger partial charge < -0.3 is 24.8 Å². The summed E-state index contributed by atoms with van der Waals surface area (Å²) in [5.74, 6) is 0. The van der Waals surface area contributed by atoms with Gasteiger partial charge in [0.25, 0.3) is 0 Å². The van der Waals surface area contributed by atoms with E-state index < -0.39 is 11.7 Å². The lowest BCUT2D eigenvalue weighted by Crippen LogP contribution is -2.51. The van der Waals surface area contributed by atoms with Crippen LogP contribution in [0.2, 0.25) is 0 Å². The van der Waals surface area contributed by atoms with Crippen molar-refractivity contribution in [2.75, 3.05) is 52.2 Å². The molecule has 1 aliphatic heterocycles. The van der Waals surface area contributed by atoms with Gasteiger partial charge in [-0.3, -0.25) is 0 Å². The summed E-state index contributed by atoms with van der Waals surface area (Å²) in [6, 6.07) is 5.09. The van der Waals surface area contributed by atoms with E-state index in [9.17, 15) is 18.0 Å². The number of rotatable bonds is 6. The van der Waals surface area contributed by atoms with E-state index in [-0.39, 0.29) is 12.1 Å². The number of likely N-dealkylation sites (N-methyl/N-ethyl adjacent to an activating group) is 1. The highest BCUT2D eigenvalue weighted by atomic mass is 32.1. The van der Waals surface area contributed by atoms with Crippen molar-refractivity contribution in [3.8, 4) is 0 Å². The van der Waals surface area contributed by atoms with Gasteiger partial charge in [-0.05, 0) is 64.3 Å². The third-order valence-corrected chi connectivity index (χ3v) is 5.26. The second-order valence-corrected chi connectivity index (χ2v) is 7.81. The summed E-state index contributed by atoms with van der Waals surface area (Å²) in [4.78, 5) is 17.6. The van der Waals surface area contributed by atoms with Crippen LogP contribution >= 0.6 is 12.2 Å². The summed E-state index contributed by atoms with van der Waals surface area (Å²) in [6.45, 7) is 4.57. The topological polar surface area (TPSA) is 48.1 Å². The Morgan fingerprint density at radius 1 is 1.27 bits per heavy atom. The summed E-state index contributed by atoms with van der Waals surface area (Å²) in [6.07, 6.45) is -3.32. The number of carbonyl (C=O) groups excluding carboxylic acids is 1. The minimum atomic E-state index is -4.41. The molecule has 1 N–H and O–H groups in total. The number of nitrogens with one attached hydrogen (secondary N) is 1. The minimum absolute atomic E-state index is 0.0847. The van der Waals surface area contributed by atoms with Gasteiger partial charge >= 0.3 is 12.3 Å². The molecule has 1 amide bonds. The molecular formula is C20H29F3N4O2S. The molecule has 1 aromatic rings. The highest BCUT2D eigenvalue weighted by Crippen LogP contribution is 2.31. The summed E-state index contributed by atoms with van der Waals surface area (Å²) < 4.78 is 44.1. The van der Waals surface area contributed by atoms with Crippen LogP contribution in [-0.2, 0) is 10.9 Å². The minimum Gasteiger partial charge on any atom is -0.450 e. The number of halogens is 3. The van der Waals surface area contributed by atoms with Gasteiger partial charge in [-0.1, -0.05) is 6.07 Å². The van der Waals surface area contributed by atoms with Gasteiger partial charge in [-0.25, -0.2) is 4.79 Å². The van der Waals surface area contributed by atoms with Crippen molar-refractivity contribution in [3.63, 3.8) is 0 Å². The Morgan fingerprint density at radius 2 is 1.93 bits per heavy atom. The van der Waals surface area contributed by atoms with Crippen LogP contribution in [0, 0.1) is 0 Å². The maximum absolute atomic E-state index is 13.0. The molecule has 1 saturated heterocycles. The number of likely N-dealkylation sites (tertiary alicyclic amines) is 1. The molecule has 0 bridgehead atoms. The molecular weight excluding hydrogens is 417 g/mol. The lowest BCUT2D eigenvalue weighted by atomic mass is 10.0. The summed E-state index contributed by atoms with van der Waals surface area (Å²) in [5, 5.41) is 3.34. The third-order valence-electron chi connectivity index (χ3n) is 4.92. The van der Waals surface area contributed by atoms with Gasteiger partial charge in [0, 0.05) is 37.9 Å². The fraction of sp³-hybridized carbons (Fsp3) is 0.600. The zero-order chi connectivity index (χ0) is 22.3. The SMILES string of the molecule is CCOC(=O)N1CCC(N(CCN(C)C)C(=S)Nc2cccc(C(F)(F)F)c2)CC1. The predicted molar refractivity (Wildman–Crippen MR) is 115 cm³/mol. The Kier molecular flexibility index (Phi) is 8.72. The molecule has 0 atom stereocenters. The zero-order valence-electron chi connectivity index (χ0n) is 17.5. The van der Waals surface area contributed by atoms with Crippen LogP contribution in [-0.4, -0.2) is 78.8 Å². The van der Waals surface area contributed by atoms with Crippen molar-refractivity contribution in [1.29, 1.82) is 0 Å². The first-order chi connectivity index (χ1) is 14.1. The number of nitrogens with zero attached hydrogens (tertiary/aromatic N) is 3. The molecule has 30 heavy (non-hydrogen) atoms. The highest BCUT2D eigenvalue weighted by Gasteiger charge is 2.31. The predicted octanol–water partition coefficient (Wildman–Crippen LogP) is 3.89. The van der Waals surface area contributed by atoms with E-state index in [2.05, 4.69) is 5.32 Å². The Bertz CT molecular complexity index is 722. The van der Waals surface area contributed by atoms with Crippen molar-refractivity contribution >= 4 is 29.1 Å². The number of hydrogen-bond donors (Lipinski definition) is 1. The molecule has 168 valence electrons. The van der Waals surface area contributed by atoms with E-state index in [0.717, 1.165) is 18.7 Å². The van der Waals surface area contributed by atoms with Crippen LogP contribution in [0.4, 0.5) is 23.7 Å². The first-order valence-electron chi connectivity index (χ1n) is 9.93. The molecule has 0 aliphatic carbocycles. The van der Waals surface area contributed by atoms with Crippen LogP contribution in [0.3, 0.4) is 0 Å². The molecule has 0 radical (unpaired) electrons. The van der Waals surface area contributed by atoms with E-state index >= 15 is 0 Å². The normalized spacial score (nSPS) is 15.2. The molecule has 2 rings (SSSR count). The maximum atomic E-state index is 13.0. The van der Waals surface area contributed by atoms with Crippen molar-refractivity contribution < 1.29 is 22.7 Å². The monoisotopic (exact) mass is 446 g/mol. The van der Waals surface area contributed by atoms with Crippen LogP contribution < -0.4 is 5.32 Å². The van der Waals surface area contributed by atoms with Crippen molar-refractivity contribution in [2.45, 2.75) is 32.0 Å². The van der Waals surface area contributed by atoms with E-state index in [4.69, 9.17) is 17.0 Å². The third kappa shape index (κ3) is 7.02. The van der Waals surface area contributed by atoms with E-state index in [1.807, 2.05) is 23.9 Å². The fourth-order valence-electron chi connectivity index (χ4n) is 3.30. The average Bonchev–Trinajstić information content (AvgIpc) is 2.68. The smallest absolute Gasteiger partial charge is 0.416 e. The second kappa shape index (κ2) is 10.8. The molecule has 1 aromatic carbocycles. The lowest BCUT2D eigenvalue weighted by molar-refractivity contribution is -0.137. The standard InChI is InChI=1S/C20H29F3N4O2S/c1-4-29-19(28)26-10-8-17(9-11-26)27(13-12-25(2)3)18(30)24-16-7-5-6-15(14-16)20(21,22)23/h5-7,14,17H,4,8-13H2,1-3H3,(H,24,30). The first-order valence-corrected chi connectivity index (χ1v) is 10.3. The van der Waals surface area contributed by atoms with Crippen LogP contribution in [0.5, 0.6) is 0 Å². The zero-order valence-corrected chi connectivity index (χ0v) is 18.4. The Balaban J connectivity index is 2.07. The Labute approximate surface area is 180 Å². The van der Waals surface area contributed by atoms with Crippen molar-refractivity contribution in [1.82, 2.24) is 14.7 Å². The number of carbonyl (C=O) groups is 1. The Morgan fingerprint density at radius 3 is 2.50 bits per heavy atom. The van der Waals surface area contributed by atoms with Gasteiger partial charge in [0.15, 0.2) is 5.11 Å². The molecule has 0 spiro atoms. The van der Waals surface area contributed by atoms with Gasteiger partial charge in [-0.15, -0.1) is 0 Å². The number of benzene rings is 1. The summed E-state index contributed by atoms with van der Waals surface area (Å²) in [5.41, 5.74) is -0.425. The van der Waals surface area contributed by atoms with Crippen LogP contribution in [0.25, 0.3) is 0 Å². The number of alkyl halides is 3. The van der Waals surface area contributed by atoms with E-state index in [1.165, 1.54) is 6.07 Å². The number of amides is 1. The maximum Gasteiger partial charge on any atom is 0.416 e. The lowest BCUT2D eigenvalue weighted by Gasteiger charge is -2.40. The first kappa shape index (κ1) is 24.2. The number of hydrogen-bond acceptors (Lipinski definition) is 4. The summed E-state index contributed by atoms with van der Waals surface area (Å²) >= 11 is 5.56. The van der Waals surface area contributed by atoms with E-state index in [1.54, 1.807) is 17.9 Å². The van der Waals surface area contributed by atoms with Gasteiger partial charge in [0.05, 0.1) is 12.2 Å². The van der Waals surface area contributed by atoms with Gasteiger partial charge in [0.1, 0.15) is 0 Å². The van der Waals surface area contributed by atoms with Crippen LogP contribution in [0.15, 0.2) is 24.3 Å². The molecule has 0 aromatic heterocycles. The molecule has 6 nitrogen and oxygen atoms in total. The largest absolute Gasteiger partial charge is 0.450 e. The fourth-order valence-corrected chi connectivity index (χ4v) is 3.66. The molecule has 10 heteroatoms. The van der Waals surface area contributed by atoms with E-state index in [0.29, 0.717) is 49.9 Å². The quantitative estimate of drug-likeness (QED) is 0.670. The number of thiocarbonyl (C=S) groups is 1. The van der Waals surface area contributed by atoms with Crippen molar-refractivity contribution in [3.05, 3.63) is 29.8 Å². The molecule has 1 fully saturated rings. The Hall–Kier alpha value is -2.07. The summed E-state index contributed by atoms with van der Waals surface area (Å²) in [7, 11) is 3.90. The van der Waals surface area contributed by atoms with Crippen LogP contribution in [0.1, 0.15) is 25.3 Å². The number of ether oxygens (including phenoxy) is 1. The molecule has 1 aliphatic rings. The molecule has 1 heterocycles. The average molecular weight is 447 g/mol. The molecule has 0 unspecified atom stereocenters. The number of anilines is 1. The van der Waals surface area contributed by atoms with Crippen molar-refractivity contribution in [2.24, 2.45) is 0 Å². The molecule has 0 saturated carbocycles. The second-order valence-electron chi connectivity index (χ2n) is 7.42. The van der Waals surface area contributed by atoms with Gasteiger partial charge in [-0.2, -0.15) is 13.2 Å².